The molecule has 0 saturated carbocycles. The van der Waals surface area contributed by atoms with E-state index in [4.69, 9.17) is 21.4 Å². The molecule has 1 aliphatic heterocycles. The highest BCUT2D eigenvalue weighted by atomic mass is 32.1. The summed E-state index contributed by atoms with van der Waals surface area (Å²) in [6, 6.07) is 8.02. The van der Waals surface area contributed by atoms with Crippen molar-refractivity contribution in [2.45, 2.75) is 39.6 Å². The van der Waals surface area contributed by atoms with E-state index in [9.17, 15) is 0 Å². The molecular formula is C16H21N3O2S. The van der Waals surface area contributed by atoms with Crippen LogP contribution in [0.3, 0.4) is 0 Å². The fourth-order valence-electron chi connectivity index (χ4n) is 2.91. The number of ether oxygens (including phenoxy) is 1. The molecule has 3 rings (SSSR count). The lowest BCUT2D eigenvalue weighted by Gasteiger charge is -2.34. The topological polar surface area (TPSA) is 43.4 Å². The van der Waals surface area contributed by atoms with Crippen LogP contribution < -0.4 is 0 Å². The Kier molecular flexibility index (Phi) is 4.42. The largest absolute Gasteiger partial charge is 0.409 e. The average Bonchev–Trinajstić information content (AvgIpc) is 2.79. The summed E-state index contributed by atoms with van der Waals surface area (Å²) in [7, 11) is 0. The molecular weight excluding hydrogens is 298 g/mol. The molecule has 0 amide bonds. The first-order chi connectivity index (χ1) is 10.5. The van der Waals surface area contributed by atoms with Gasteiger partial charge in [0.1, 0.15) is 0 Å². The molecule has 2 heterocycles. The maximum Gasteiger partial charge on any atom is 0.288 e. The van der Waals surface area contributed by atoms with Crippen LogP contribution in [0.1, 0.15) is 19.4 Å². The van der Waals surface area contributed by atoms with Crippen molar-refractivity contribution in [1.82, 2.24) is 14.7 Å². The minimum Gasteiger partial charge on any atom is -0.409 e. The van der Waals surface area contributed by atoms with Crippen LogP contribution in [-0.4, -0.2) is 40.0 Å². The van der Waals surface area contributed by atoms with Gasteiger partial charge in [-0.05, 0) is 44.6 Å². The Morgan fingerprint density at radius 1 is 1.23 bits per heavy atom. The number of morpholine rings is 1. The predicted molar refractivity (Wildman–Crippen MR) is 87.1 cm³/mol. The second-order valence-electron chi connectivity index (χ2n) is 5.92. The first-order valence-corrected chi connectivity index (χ1v) is 7.95. The lowest BCUT2D eigenvalue weighted by atomic mass is 10.1. The molecule has 0 bridgehead atoms. The number of benzene rings is 1. The number of aryl methyl sites for hydroxylation is 1. The van der Waals surface area contributed by atoms with E-state index < -0.39 is 0 Å². The molecule has 2 atom stereocenters. The Balaban J connectivity index is 1.81. The molecule has 0 aliphatic carbocycles. The first kappa shape index (κ1) is 15.4. The summed E-state index contributed by atoms with van der Waals surface area (Å²) in [4.78, 5) is 2.70. The lowest BCUT2D eigenvalue weighted by Crippen LogP contribution is -2.46. The Hall–Kier alpha value is -1.50. The Bertz CT molecular complexity index is 699. The summed E-state index contributed by atoms with van der Waals surface area (Å²) in [5.74, 6) is 0.581. The molecule has 0 unspecified atom stereocenters. The SMILES string of the molecule is Cc1ccccc1-c1nn(CN2C[C@@H](C)O[C@@H](C)C2)c(=S)o1. The van der Waals surface area contributed by atoms with Gasteiger partial charge in [-0.15, -0.1) is 5.10 Å². The molecule has 1 saturated heterocycles. The second-order valence-corrected chi connectivity index (χ2v) is 6.27. The number of aromatic nitrogens is 2. The van der Waals surface area contributed by atoms with Gasteiger partial charge >= 0.3 is 0 Å². The van der Waals surface area contributed by atoms with E-state index in [0.29, 0.717) is 17.4 Å². The molecule has 6 heteroatoms. The van der Waals surface area contributed by atoms with Crippen LogP contribution in [-0.2, 0) is 11.4 Å². The number of hydrogen-bond donors (Lipinski definition) is 0. The maximum absolute atomic E-state index is 5.75. The fourth-order valence-corrected chi connectivity index (χ4v) is 3.08. The molecule has 5 nitrogen and oxygen atoms in total. The quantitative estimate of drug-likeness (QED) is 0.813. The van der Waals surface area contributed by atoms with E-state index in [2.05, 4.69) is 23.8 Å². The predicted octanol–water partition coefficient (Wildman–Crippen LogP) is 3.25. The molecule has 2 aromatic rings. The van der Waals surface area contributed by atoms with Crippen LogP contribution in [0.4, 0.5) is 0 Å². The third kappa shape index (κ3) is 3.29. The van der Waals surface area contributed by atoms with Gasteiger partial charge in [-0.25, -0.2) is 4.68 Å². The van der Waals surface area contributed by atoms with Crippen molar-refractivity contribution in [3.05, 3.63) is 34.7 Å². The van der Waals surface area contributed by atoms with Gasteiger partial charge < -0.3 is 9.15 Å². The number of rotatable bonds is 3. The van der Waals surface area contributed by atoms with Gasteiger partial charge in [-0.3, -0.25) is 4.90 Å². The third-order valence-corrected chi connectivity index (χ3v) is 4.11. The van der Waals surface area contributed by atoms with Gasteiger partial charge in [0.25, 0.3) is 4.84 Å². The van der Waals surface area contributed by atoms with Crippen molar-refractivity contribution in [3.8, 4) is 11.5 Å². The van der Waals surface area contributed by atoms with Crippen molar-refractivity contribution in [3.63, 3.8) is 0 Å². The Labute approximate surface area is 135 Å². The van der Waals surface area contributed by atoms with Gasteiger partial charge in [-0.2, -0.15) is 0 Å². The summed E-state index contributed by atoms with van der Waals surface area (Å²) in [6.07, 6.45) is 0.446. The first-order valence-electron chi connectivity index (χ1n) is 7.54. The minimum atomic E-state index is 0.223. The lowest BCUT2D eigenvalue weighted by molar-refractivity contribution is -0.0778. The molecule has 1 fully saturated rings. The second kappa shape index (κ2) is 6.32. The van der Waals surface area contributed by atoms with Crippen LogP contribution in [0, 0.1) is 11.8 Å². The van der Waals surface area contributed by atoms with Crippen molar-refractivity contribution >= 4 is 12.2 Å². The van der Waals surface area contributed by atoms with Crippen molar-refractivity contribution in [1.29, 1.82) is 0 Å². The van der Waals surface area contributed by atoms with Gasteiger partial charge in [0.05, 0.1) is 18.9 Å². The molecule has 118 valence electrons. The number of hydrogen-bond acceptors (Lipinski definition) is 5. The summed E-state index contributed by atoms with van der Waals surface area (Å²) in [6.45, 7) is 8.59. The van der Waals surface area contributed by atoms with Crippen LogP contribution in [0.2, 0.25) is 0 Å². The molecule has 0 N–H and O–H groups in total. The van der Waals surface area contributed by atoms with Crippen molar-refractivity contribution < 1.29 is 9.15 Å². The highest BCUT2D eigenvalue weighted by Crippen LogP contribution is 2.22. The van der Waals surface area contributed by atoms with E-state index >= 15 is 0 Å². The van der Waals surface area contributed by atoms with Crippen LogP contribution in [0.15, 0.2) is 28.7 Å². The molecule has 0 spiro atoms. The zero-order chi connectivity index (χ0) is 15.7. The number of nitrogens with zero attached hydrogens (tertiary/aromatic N) is 3. The van der Waals surface area contributed by atoms with E-state index in [-0.39, 0.29) is 12.2 Å². The molecule has 1 aliphatic rings. The molecule has 1 aromatic heterocycles. The summed E-state index contributed by atoms with van der Waals surface area (Å²) < 4.78 is 13.2. The zero-order valence-corrected chi connectivity index (χ0v) is 14.0. The van der Waals surface area contributed by atoms with E-state index in [0.717, 1.165) is 24.2 Å². The van der Waals surface area contributed by atoms with Crippen LogP contribution >= 0.6 is 12.2 Å². The standard InChI is InChI=1S/C16H21N3O2S/c1-11-6-4-5-7-14(11)15-17-19(16(22)21-15)10-18-8-12(2)20-13(3)9-18/h4-7,12-13H,8-10H2,1-3H3/t12-,13+. The summed E-state index contributed by atoms with van der Waals surface area (Å²) >= 11 is 5.32. The average molecular weight is 319 g/mol. The van der Waals surface area contributed by atoms with Crippen LogP contribution in [0.25, 0.3) is 11.5 Å². The van der Waals surface area contributed by atoms with E-state index in [1.165, 1.54) is 0 Å². The molecule has 1 aromatic carbocycles. The van der Waals surface area contributed by atoms with Gasteiger partial charge in [0.2, 0.25) is 5.89 Å². The summed E-state index contributed by atoms with van der Waals surface area (Å²) in [5, 5.41) is 4.55. The molecule has 0 radical (unpaired) electrons. The highest BCUT2D eigenvalue weighted by Gasteiger charge is 2.23. The van der Waals surface area contributed by atoms with E-state index in [1.54, 1.807) is 4.68 Å². The van der Waals surface area contributed by atoms with E-state index in [1.807, 2.05) is 31.2 Å². The van der Waals surface area contributed by atoms with Gasteiger partial charge in [0.15, 0.2) is 0 Å². The van der Waals surface area contributed by atoms with Gasteiger partial charge in [-0.1, -0.05) is 18.2 Å². The Morgan fingerprint density at radius 3 is 2.59 bits per heavy atom. The van der Waals surface area contributed by atoms with Crippen LogP contribution in [0.5, 0.6) is 0 Å². The minimum absolute atomic E-state index is 0.223. The van der Waals surface area contributed by atoms with Crippen molar-refractivity contribution in [2.24, 2.45) is 0 Å². The maximum atomic E-state index is 5.75. The smallest absolute Gasteiger partial charge is 0.288 e. The molecule has 22 heavy (non-hydrogen) atoms. The van der Waals surface area contributed by atoms with Crippen molar-refractivity contribution in [2.75, 3.05) is 13.1 Å². The third-order valence-electron chi connectivity index (χ3n) is 3.81. The zero-order valence-electron chi connectivity index (χ0n) is 13.2. The monoisotopic (exact) mass is 319 g/mol. The Morgan fingerprint density at radius 2 is 1.91 bits per heavy atom. The summed E-state index contributed by atoms with van der Waals surface area (Å²) in [5.41, 5.74) is 2.11. The van der Waals surface area contributed by atoms with Gasteiger partial charge in [0, 0.05) is 18.7 Å². The normalized spacial score (nSPS) is 22.9. The highest BCUT2D eigenvalue weighted by molar-refractivity contribution is 7.71. The fraction of sp³-hybridized carbons (Fsp3) is 0.500.